The normalized spacial score (nSPS) is 18.6. The van der Waals surface area contributed by atoms with Crippen LogP contribution in [0, 0.1) is 0 Å². The molecule has 1 saturated heterocycles. The minimum Gasteiger partial charge on any atom is -0.370 e. The molecule has 114 valence electrons. The number of halogens is 1. The lowest BCUT2D eigenvalue weighted by Gasteiger charge is -2.21. The Balaban J connectivity index is 0.00000324. The molecule has 0 aromatic carbocycles. The molecule has 0 atom stereocenters. The first-order chi connectivity index (χ1) is 8.47. The van der Waals surface area contributed by atoms with Crippen LogP contribution in [0.4, 0.5) is 0 Å². The number of likely N-dealkylation sites (tertiary alicyclic amines) is 1. The third-order valence-corrected chi connectivity index (χ3v) is 3.12. The molecular weight excluding hydrogens is 351 g/mol. The summed E-state index contributed by atoms with van der Waals surface area (Å²) < 4.78 is 0. The van der Waals surface area contributed by atoms with Crippen molar-refractivity contribution in [3.63, 3.8) is 0 Å². The number of hydrogen-bond donors (Lipinski definition) is 2. The average molecular weight is 382 g/mol. The number of hydrogen-bond acceptors (Lipinski definition) is 2. The van der Waals surface area contributed by atoms with Crippen molar-refractivity contribution in [1.82, 2.24) is 10.2 Å². The molecular formula is C14H31IN4. The van der Waals surface area contributed by atoms with Crippen LogP contribution in [-0.2, 0) is 0 Å². The number of guanidine groups is 1. The fourth-order valence-electron chi connectivity index (χ4n) is 2.28. The summed E-state index contributed by atoms with van der Waals surface area (Å²) in [6.07, 6.45) is 6.62. The molecule has 1 aliphatic rings. The number of nitrogens with zero attached hydrogens (tertiary/aromatic N) is 2. The Morgan fingerprint density at radius 2 is 1.74 bits per heavy atom. The van der Waals surface area contributed by atoms with Gasteiger partial charge in [0.2, 0.25) is 0 Å². The number of nitrogens with one attached hydrogen (secondary N) is 1. The average Bonchev–Trinajstić information content (AvgIpc) is 2.50. The van der Waals surface area contributed by atoms with Crippen LogP contribution >= 0.6 is 24.0 Å². The molecule has 1 aliphatic heterocycles. The van der Waals surface area contributed by atoms with Crippen molar-refractivity contribution in [2.75, 3.05) is 26.2 Å². The van der Waals surface area contributed by atoms with Crippen LogP contribution in [0.3, 0.4) is 0 Å². The molecule has 0 aliphatic carbocycles. The minimum atomic E-state index is -0.00162. The van der Waals surface area contributed by atoms with Gasteiger partial charge < -0.3 is 16.0 Å². The second-order valence-corrected chi connectivity index (χ2v) is 6.25. The maximum atomic E-state index is 5.83. The van der Waals surface area contributed by atoms with Crippen LogP contribution < -0.4 is 11.1 Å². The van der Waals surface area contributed by atoms with E-state index in [2.05, 4.69) is 36.0 Å². The monoisotopic (exact) mass is 382 g/mol. The molecule has 0 radical (unpaired) electrons. The Morgan fingerprint density at radius 3 is 2.26 bits per heavy atom. The molecule has 3 N–H and O–H groups in total. The Hall–Kier alpha value is -0.0400. The first-order valence-corrected chi connectivity index (χ1v) is 7.28. The van der Waals surface area contributed by atoms with E-state index in [0.717, 1.165) is 19.5 Å². The lowest BCUT2D eigenvalue weighted by Crippen LogP contribution is -2.45. The molecule has 1 fully saturated rings. The summed E-state index contributed by atoms with van der Waals surface area (Å²) in [5.74, 6) is 0.568. The summed E-state index contributed by atoms with van der Waals surface area (Å²) in [7, 11) is 0. The SMILES string of the molecule is CC(C)(C)NC(N)=NCCCN1CCCCCC1.I. The van der Waals surface area contributed by atoms with Gasteiger partial charge in [0.1, 0.15) is 0 Å². The van der Waals surface area contributed by atoms with Gasteiger partial charge in [0.15, 0.2) is 5.96 Å². The summed E-state index contributed by atoms with van der Waals surface area (Å²) in [6.45, 7) is 10.8. The molecule has 0 bridgehead atoms. The van der Waals surface area contributed by atoms with E-state index < -0.39 is 0 Å². The molecule has 0 spiro atoms. The van der Waals surface area contributed by atoms with Crippen molar-refractivity contribution < 1.29 is 0 Å². The number of nitrogens with two attached hydrogens (primary N) is 1. The second kappa shape index (κ2) is 9.80. The third kappa shape index (κ3) is 10.4. The summed E-state index contributed by atoms with van der Waals surface area (Å²) in [6, 6.07) is 0. The molecule has 0 aromatic heterocycles. The molecule has 1 heterocycles. The van der Waals surface area contributed by atoms with Crippen molar-refractivity contribution in [3.05, 3.63) is 0 Å². The third-order valence-electron chi connectivity index (χ3n) is 3.12. The van der Waals surface area contributed by atoms with Crippen LogP contribution in [0.5, 0.6) is 0 Å². The van der Waals surface area contributed by atoms with Crippen molar-refractivity contribution in [1.29, 1.82) is 0 Å². The van der Waals surface area contributed by atoms with Gasteiger partial charge in [0, 0.05) is 12.1 Å². The van der Waals surface area contributed by atoms with E-state index >= 15 is 0 Å². The van der Waals surface area contributed by atoms with Gasteiger partial charge in [-0.3, -0.25) is 4.99 Å². The quantitative estimate of drug-likeness (QED) is 0.340. The molecule has 0 saturated carbocycles. The second-order valence-electron chi connectivity index (χ2n) is 6.25. The van der Waals surface area contributed by atoms with Gasteiger partial charge in [-0.2, -0.15) is 0 Å². The van der Waals surface area contributed by atoms with Crippen molar-refractivity contribution in [2.45, 2.75) is 58.4 Å². The predicted octanol–water partition coefficient (Wildman–Crippen LogP) is 2.57. The standard InChI is InChI=1S/C14H30N4.HI/c1-14(2,3)17-13(15)16-9-8-12-18-10-6-4-5-7-11-18;/h4-12H2,1-3H3,(H3,15,16,17);1H. The Labute approximate surface area is 135 Å². The smallest absolute Gasteiger partial charge is 0.188 e. The highest BCUT2D eigenvalue weighted by atomic mass is 127. The van der Waals surface area contributed by atoms with Crippen molar-refractivity contribution in [3.8, 4) is 0 Å². The molecule has 5 heteroatoms. The van der Waals surface area contributed by atoms with E-state index in [-0.39, 0.29) is 29.5 Å². The van der Waals surface area contributed by atoms with Crippen LogP contribution in [0.2, 0.25) is 0 Å². The van der Waals surface area contributed by atoms with Gasteiger partial charge in [0.25, 0.3) is 0 Å². The van der Waals surface area contributed by atoms with E-state index in [9.17, 15) is 0 Å². The number of rotatable bonds is 4. The zero-order valence-corrected chi connectivity index (χ0v) is 15.1. The first kappa shape index (κ1) is 19.0. The summed E-state index contributed by atoms with van der Waals surface area (Å²) >= 11 is 0. The fraction of sp³-hybridized carbons (Fsp3) is 0.929. The molecule has 1 rings (SSSR count). The van der Waals surface area contributed by atoms with E-state index in [1.165, 1.54) is 38.8 Å². The molecule has 0 amide bonds. The largest absolute Gasteiger partial charge is 0.370 e. The Kier molecular flexibility index (Phi) is 9.78. The Bertz CT molecular complexity index is 253. The zero-order valence-electron chi connectivity index (χ0n) is 12.7. The topological polar surface area (TPSA) is 53.6 Å². The van der Waals surface area contributed by atoms with E-state index in [0.29, 0.717) is 5.96 Å². The van der Waals surface area contributed by atoms with Gasteiger partial charge in [-0.15, -0.1) is 24.0 Å². The number of aliphatic imine (C=N–C) groups is 1. The highest BCUT2D eigenvalue weighted by molar-refractivity contribution is 14.0. The van der Waals surface area contributed by atoms with Gasteiger partial charge in [-0.05, 0) is 59.7 Å². The van der Waals surface area contributed by atoms with Crippen LogP contribution in [0.1, 0.15) is 52.9 Å². The van der Waals surface area contributed by atoms with Crippen molar-refractivity contribution >= 4 is 29.9 Å². The van der Waals surface area contributed by atoms with E-state index in [1.54, 1.807) is 0 Å². The van der Waals surface area contributed by atoms with Gasteiger partial charge in [0.05, 0.1) is 0 Å². The molecule has 0 aromatic rings. The summed E-state index contributed by atoms with van der Waals surface area (Å²) in [5.41, 5.74) is 5.83. The summed E-state index contributed by atoms with van der Waals surface area (Å²) in [5, 5.41) is 3.18. The predicted molar refractivity (Wildman–Crippen MR) is 94.3 cm³/mol. The summed E-state index contributed by atoms with van der Waals surface area (Å²) in [4.78, 5) is 6.94. The molecule has 4 nitrogen and oxygen atoms in total. The lowest BCUT2D eigenvalue weighted by atomic mass is 10.1. The van der Waals surface area contributed by atoms with Crippen LogP contribution in [-0.4, -0.2) is 42.6 Å². The van der Waals surface area contributed by atoms with Gasteiger partial charge in [-0.25, -0.2) is 0 Å². The maximum Gasteiger partial charge on any atom is 0.188 e. The molecule has 0 unspecified atom stereocenters. The highest BCUT2D eigenvalue weighted by Gasteiger charge is 2.10. The highest BCUT2D eigenvalue weighted by Crippen LogP contribution is 2.09. The van der Waals surface area contributed by atoms with E-state index in [4.69, 9.17) is 5.73 Å². The van der Waals surface area contributed by atoms with Crippen LogP contribution in [0.15, 0.2) is 4.99 Å². The lowest BCUT2D eigenvalue weighted by molar-refractivity contribution is 0.283. The first-order valence-electron chi connectivity index (χ1n) is 7.28. The van der Waals surface area contributed by atoms with Gasteiger partial charge in [-0.1, -0.05) is 12.8 Å². The van der Waals surface area contributed by atoms with E-state index in [1.807, 2.05) is 0 Å². The Morgan fingerprint density at radius 1 is 1.16 bits per heavy atom. The zero-order chi connectivity index (χ0) is 13.4. The van der Waals surface area contributed by atoms with Crippen molar-refractivity contribution in [2.24, 2.45) is 10.7 Å². The maximum absolute atomic E-state index is 5.83. The van der Waals surface area contributed by atoms with Gasteiger partial charge >= 0.3 is 0 Å². The molecule has 19 heavy (non-hydrogen) atoms. The fourth-order valence-corrected chi connectivity index (χ4v) is 2.28. The van der Waals surface area contributed by atoms with Crippen LogP contribution in [0.25, 0.3) is 0 Å². The minimum absolute atomic E-state index is 0.